The molecule has 31 heavy (non-hydrogen) atoms. The van der Waals surface area contributed by atoms with E-state index in [-0.39, 0.29) is 11.3 Å². The predicted octanol–water partition coefficient (Wildman–Crippen LogP) is 6.34. The standard InChI is InChI=1S/C15H15Cl.C9H9FO3.CH5N/c1-2-15(12-6-4-3-5-7-12)13-8-10-14(16)11-9-13;1-6-7(5-11)3-4-8(9(6)10)13-12-2;1-2/h3-11,15H,2H2,1H3;3-5H,1-2H3;2H2,1H3. The van der Waals surface area contributed by atoms with Crippen LogP contribution in [0.5, 0.6) is 5.75 Å². The topological polar surface area (TPSA) is 61.6 Å². The second kappa shape index (κ2) is 14.3. The lowest BCUT2D eigenvalue weighted by Gasteiger charge is -2.15. The molecule has 3 aromatic rings. The van der Waals surface area contributed by atoms with Gasteiger partial charge in [0.2, 0.25) is 5.75 Å². The number of hydrogen-bond acceptors (Lipinski definition) is 4. The van der Waals surface area contributed by atoms with Crippen LogP contribution in [0, 0.1) is 12.7 Å². The fourth-order valence-corrected chi connectivity index (χ4v) is 3.13. The SMILES string of the molecule is CCC(c1ccccc1)c1ccc(Cl)cc1.CN.COOc1ccc(C=O)c(C)c1F. The highest BCUT2D eigenvalue weighted by Crippen LogP contribution is 2.28. The van der Waals surface area contributed by atoms with Crippen molar-refractivity contribution in [3.05, 3.63) is 99.8 Å². The Balaban J connectivity index is 0.000000293. The molecule has 0 aliphatic carbocycles. The minimum atomic E-state index is -0.577. The van der Waals surface area contributed by atoms with Crippen molar-refractivity contribution in [2.75, 3.05) is 14.2 Å². The maximum absolute atomic E-state index is 13.3. The Kier molecular flexibility index (Phi) is 12.1. The molecule has 0 saturated carbocycles. The first-order valence-corrected chi connectivity index (χ1v) is 10.2. The van der Waals surface area contributed by atoms with Gasteiger partial charge in [-0.3, -0.25) is 4.79 Å². The Morgan fingerprint density at radius 3 is 2.10 bits per heavy atom. The molecule has 0 amide bonds. The van der Waals surface area contributed by atoms with E-state index in [0.717, 1.165) is 11.4 Å². The van der Waals surface area contributed by atoms with E-state index in [0.29, 0.717) is 17.8 Å². The fraction of sp³-hybridized carbons (Fsp3) is 0.240. The van der Waals surface area contributed by atoms with Gasteiger partial charge in [-0.1, -0.05) is 61.0 Å². The molecule has 0 fully saturated rings. The summed E-state index contributed by atoms with van der Waals surface area (Å²) in [5.41, 5.74) is 7.76. The van der Waals surface area contributed by atoms with Gasteiger partial charge in [0.05, 0.1) is 7.11 Å². The zero-order valence-electron chi connectivity index (χ0n) is 18.3. The first-order chi connectivity index (χ1) is 15.0. The highest BCUT2D eigenvalue weighted by Gasteiger charge is 2.11. The van der Waals surface area contributed by atoms with Crippen molar-refractivity contribution < 1.29 is 19.0 Å². The van der Waals surface area contributed by atoms with E-state index in [1.165, 1.54) is 44.3 Å². The lowest BCUT2D eigenvalue weighted by atomic mass is 9.89. The largest absolute Gasteiger partial charge is 0.335 e. The molecule has 0 saturated heterocycles. The molecule has 6 heteroatoms. The number of aldehydes is 1. The van der Waals surface area contributed by atoms with E-state index in [4.69, 9.17) is 11.6 Å². The number of benzene rings is 3. The Bertz CT molecular complexity index is 918. The summed E-state index contributed by atoms with van der Waals surface area (Å²) in [5, 5.41) is 0.798. The minimum absolute atomic E-state index is 0.0226. The predicted molar refractivity (Wildman–Crippen MR) is 124 cm³/mol. The summed E-state index contributed by atoms with van der Waals surface area (Å²) < 4.78 is 13.3. The molecule has 0 heterocycles. The normalized spacial score (nSPS) is 10.7. The van der Waals surface area contributed by atoms with Crippen LogP contribution >= 0.6 is 11.6 Å². The van der Waals surface area contributed by atoms with Gasteiger partial charge in [0.25, 0.3) is 0 Å². The van der Waals surface area contributed by atoms with E-state index >= 15 is 0 Å². The van der Waals surface area contributed by atoms with Crippen molar-refractivity contribution in [3.8, 4) is 5.75 Å². The number of nitrogens with two attached hydrogens (primary N) is 1. The fourth-order valence-electron chi connectivity index (χ4n) is 3.00. The summed E-state index contributed by atoms with van der Waals surface area (Å²) in [6, 6.07) is 21.6. The average Bonchev–Trinajstić information content (AvgIpc) is 2.81. The second-order valence-corrected chi connectivity index (χ2v) is 6.82. The van der Waals surface area contributed by atoms with E-state index < -0.39 is 5.82 Å². The van der Waals surface area contributed by atoms with Gasteiger partial charge in [0.1, 0.15) is 6.29 Å². The lowest BCUT2D eigenvalue weighted by Crippen LogP contribution is -1.98. The summed E-state index contributed by atoms with van der Waals surface area (Å²) >= 11 is 5.91. The minimum Gasteiger partial charge on any atom is -0.335 e. The van der Waals surface area contributed by atoms with Gasteiger partial charge in [0.15, 0.2) is 5.82 Å². The molecule has 1 atom stereocenters. The van der Waals surface area contributed by atoms with E-state index in [1.807, 2.05) is 12.1 Å². The van der Waals surface area contributed by atoms with Crippen molar-refractivity contribution in [1.29, 1.82) is 0 Å². The second-order valence-electron chi connectivity index (χ2n) is 6.38. The lowest BCUT2D eigenvalue weighted by molar-refractivity contribution is -0.180. The van der Waals surface area contributed by atoms with Crippen LogP contribution in [0.3, 0.4) is 0 Å². The number of hydrogen-bond donors (Lipinski definition) is 1. The maximum Gasteiger partial charge on any atom is 0.201 e. The van der Waals surface area contributed by atoms with Gasteiger partial charge >= 0.3 is 0 Å². The van der Waals surface area contributed by atoms with Crippen LogP contribution in [0.15, 0.2) is 66.7 Å². The van der Waals surface area contributed by atoms with Crippen molar-refractivity contribution in [3.63, 3.8) is 0 Å². The van der Waals surface area contributed by atoms with Gasteiger partial charge in [-0.2, -0.15) is 4.89 Å². The van der Waals surface area contributed by atoms with Gasteiger partial charge in [-0.05, 0) is 61.3 Å². The highest BCUT2D eigenvalue weighted by molar-refractivity contribution is 6.30. The molecule has 0 aliphatic rings. The molecular weight excluding hydrogens is 417 g/mol. The van der Waals surface area contributed by atoms with Crippen LogP contribution in [0.25, 0.3) is 0 Å². The number of halogens is 2. The van der Waals surface area contributed by atoms with Crippen LogP contribution in [0.4, 0.5) is 4.39 Å². The summed E-state index contributed by atoms with van der Waals surface area (Å²) in [6.07, 6.45) is 1.70. The van der Waals surface area contributed by atoms with Gasteiger partial charge in [0, 0.05) is 16.5 Å². The first-order valence-electron chi connectivity index (χ1n) is 9.84. The molecule has 3 rings (SSSR count). The molecular formula is C25H29ClFNO3. The van der Waals surface area contributed by atoms with Gasteiger partial charge in [-0.25, -0.2) is 4.39 Å². The van der Waals surface area contributed by atoms with Gasteiger partial charge in [-0.15, -0.1) is 0 Å². The van der Waals surface area contributed by atoms with Crippen LogP contribution in [0.1, 0.15) is 46.3 Å². The summed E-state index contributed by atoms with van der Waals surface area (Å²) in [4.78, 5) is 19.2. The number of carbonyl (C=O) groups is 1. The van der Waals surface area contributed by atoms with E-state index in [2.05, 4.69) is 64.9 Å². The average molecular weight is 446 g/mol. The molecule has 1 unspecified atom stereocenters. The Morgan fingerprint density at radius 1 is 1.00 bits per heavy atom. The molecule has 0 aromatic heterocycles. The Labute approximate surface area is 188 Å². The van der Waals surface area contributed by atoms with Crippen molar-refractivity contribution >= 4 is 17.9 Å². The number of rotatable bonds is 6. The summed E-state index contributed by atoms with van der Waals surface area (Å²) in [5.74, 6) is -0.129. The van der Waals surface area contributed by atoms with E-state index in [1.54, 1.807) is 0 Å². The quantitative estimate of drug-likeness (QED) is 0.273. The van der Waals surface area contributed by atoms with Crippen LogP contribution in [-0.4, -0.2) is 20.4 Å². The summed E-state index contributed by atoms with van der Waals surface area (Å²) in [6.45, 7) is 3.72. The van der Waals surface area contributed by atoms with Crippen LogP contribution in [-0.2, 0) is 4.89 Å². The molecule has 0 spiro atoms. The van der Waals surface area contributed by atoms with Crippen LogP contribution < -0.4 is 10.6 Å². The monoisotopic (exact) mass is 445 g/mol. The van der Waals surface area contributed by atoms with Crippen LogP contribution in [0.2, 0.25) is 5.02 Å². The zero-order valence-corrected chi connectivity index (χ0v) is 19.0. The molecule has 166 valence electrons. The molecule has 0 radical (unpaired) electrons. The molecule has 0 aliphatic heterocycles. The third-order valence-corrected chi connectivity index (χ3v) is 4.83. The van der Waals surface area contributed by atoms with E-state index in [9.17, 15) is 9.18 Å². The van der Waals surface area contributed by atoms with Crippen molar-refractivity contribution in [1.82, 2.24) is 0 Å². The summed E-state index contributed by atoms with van der Waals surface area (Å²) in [7, 11) is 2.78. The molecule has 3 aromatic carbocycles. The third kappa shape index (κ3) is 7.79. The van der Waals surface area contributed by atoms with Gasteiger partial charge < -0.3 is 10.6 Å². The highest BCUT2D eigenvalue weighted by atomic mass is 35.5. The first kappa shape index (κ1) is 26.3. The maximum atomic E-state index is 13.3. The van der Waals surface area contributed by atoms with Crippen molar-refractivity contribution in [2.45, 2.75) is 26.2 Å². The molecule has 2 N–H and O–H groups in total. The smallest absolute Gasteiger partial charge is 0.201 e. The molecule has 0 bridgehead atoms. The molecule has 4 nitrogen and oxygen atoms in total. The number of carbonyl (C=O) groups excluding carboxylic acids is 1. The Morgan fingerprint density at radius 2 is 1.58 bits per heavy atom. The van der Waals surface area contributed by atoms with Crippen molar-refractivity contribution in [2.24, 2.45) is 5.73 Å². The third-order valence-electron chi connectivity index (χ3n) is 4.58. The Hall–Kier alpha value is -2.73. The zero-order chi connectivity index (χ0) is 23.2.